The van der Waals surface area contributed by atoms with Crippen molar-refractivity contribution < 1.29 is 14.3 Å². The lowest BCUT2D eigenvalue weighted by atomic mass is 10.1. The lowest BCUT2D eigenvalue weighted by Gasteiger charge is -2.06. The van der Waals surface area contributed by atoms with Gasteiger partial charge < -0.3 is 9.47 Å². The van der Waals surface area contributed by atoms with Gasteiger partial charge in [-0.2, -0.15) is 0 Å². The van der Waals surface area contributed by atoms with Gasteiger partial charge in [0.1, 0.15) is 12.4 Å². The standard InChI is InChI=1S/C15H16N2O3/c1-19-15(18)7-4-12-2-5-14(6-3-12)20-11-13-10-16-8-9-17-13/h2-3,5-6,8-10H,4,7,11H2,1H3. The first-order valence-corrected chi connectivity index (χ1v) is 6.31. The van der Waals surface area contributed by atoms with E-state index in [1.54, 1.807) is 18.6 Å². The van der Waals surface area contributed by atoms with E-state index < -0.39 is 0 Å². The molecular formula is C15H16N2O3. The molecule has 1 heterocycles. The topological polar surface area (TPSA) is 61.3 Å². The van der Waals surface area contributed by atoms with Crippen LogP contribution in [0.3, 0.4) is 0 Å². The molecule has 5 nitrogen and oxygen atoms in total. The number of carbonyl (C=O) groups excluding carboxylic acids is 1. The third kappa shape index (κ3) is 4.35. The summed E-state index contributed by atoms with van der Waals surface area (Å²) in [6, 6.07) is 7.63. The Balaban J connectivity index is 1.84. The molecule has 0 bridgehead atoms. The molecular weight excluding hydrogens is 256 g/mol. The Labute approximate surface area is 117 Å². The average molecular weight is 272 g/mol. The molecule has 1 aromatic carbocycles. The van der Waals surface area contributed by atoms with E-state index in [0.29, 0.717) is 19.4 Å². The largest absolute Gasteiger partial charge is 0.487 e. The van der Waals surface area contributed by atoms with Crippen LogP contribution in [0, 0.1) is 0 Å². The Morgan fingerprint density at radius 1 is 1.20 bits per heavy atom. The number of nitrogens with zero attached hydrogens (tertiary/aromatic N) is 2. The van der Waals surface area contributed by atoms with Crippen LogP contribution in [0.4, 0.5) is 0 Å². The number of esters is 1. The molecule has 2 rings (SSSR count). The minimum atomic E-state index is -0.201. The summed E-state index contributed by atoms with van der Waals surface area (Å²) >= 11 is 0. The van der Waals surface area contributed by atoms with E-state index in [4.69, 9.17) is 4.74 Å². The fraction of sp³-hybridized carbons (Fsp3) is 0.267. The Kier molecular flexibility index (Phi) is 5.06. The van der Waals surface area contributed by atoms with Crippen molar-refractivity contribution in [2.45, 2.75) is 19.4 Å². The van der Waals surface area contributed by atoms with Gasteiger partial charge in [-0.25, -0.2) is 0 Å². The number of aryl methyl sites for hydroxylation is 1. The Morgan fingerprint density at radius 3 is 2.65 bits per heavy atom. The van der Waals surface area contributed by atoms with E-state index in [-0.39, 0.29) is 5.97 Å². The summed E-state index contributed by atoms with van der Waals surface area (Å²) in [4.78, 5) is 19.2. The summed E-state index contributed by atoms with van der Waals surface area (Å²) in [7, 11) is 1.39. The maximum atomic E-state index is 11.1. The van der Waals surface area contributed by atoms with Crippen LogP contribution in [0.15, 0.2) is 42.9 Å². The van der Waals surface area contributed by atoms with Gasteiger partial charge in [-0.15, -0.1) is 0 Å². The van der Waals surface area contributed by atoms with Gasteiger partial charge in [0.25, 0.3) is 0 Å². The van der Waals surface area contributed by atoms with Crippen molar-refractivity contribution in [1.82, 2.24) is 9.97 Å². The van der Waals surface area contributed by atoms with E-state index in [1.807, 2.05) is 24.3 Å². The minimum absolute atomic E-state index is 0.201. The zero-order valence-corrected chi connectivity index (χ0v) is 11.3. The summed E-state index contributed by atoms with van der Waals surface area (Å²) in [5.41, 5.74) is 1.85. The molecule has 5 heteroatoms. The van der Waals surface area contributed by atoms with Gasteiger partial charge in [0, 0.05) is 18.8 Å². The number of hydrogen-bond acceptors (Lipinski definition) is 5. The summed E-state index contributed by atoms with van der Waals surface area (Å²) in [6.45, 7) is 0.384. The molecule has 0 spiro atoms. The number of aromatic nitrogens is 2. The second-order valence-electron chi connectivity index (χ2n) is 4.21. The number of carbonyl (C=O) groups is 1. The van der Waals surface area contributed by atoms with Crippen LogP contribution in [-0.2, 0) is 22.6 Å². The molecule has 0 unspecified atom stereocenters. The molecule has 0 saturated heterocycles. The highest BCUT2D eigenvalue weighted by molar-refractivity contribution is 5.69. The molecule has 1 aromatic heterocycles. The van der Waals surface area contributed by atoms with Crippen molar-refractivity contribution in [2.75, 3.05) is 7.11 Å². The summed E-state index contributed by atoms with van der Waals surface area (Å²) in [5.74, 6) is 0.561. The second kappa shape index (κ2) is 7.23. The summed E-state index contributed by atoms with van der Waals surface area (Å²) < 4.78 is 10.2. The highest BCUT2D eigenvalue weighted by Gasteiger charge is 2.02. The third-order valence-electron chi connectivity index (χ3n) is 2.77. The quantitative estimate of drug-likeness (QED) is 0.754. The number of benzene rings is 1. The molecule has 0 amide bonds. The molecule has 2 aromatic rings. The molecule has 0 radical (unpaired) electrons. The predicted molar refractivity (Wildman–Crippen MR) is 73.1 cm³/mol. The smallest absolute Gasteiger partial charge is 0.305 e. The fourth-order valence-corrected chi connectivity index (χ4v) is 1.66. The molecule has 0 aliphatic heterocycles. The molecule has 104 valence electrons. The number of hydrogen-bond donors (Lipinski definition) is 0. The lowest BCUT2D eigenvalue weighted by molar-refractivity contribution is -0.140. The first-order valence-electron chi connectivity index (χ1n) is 6.31. The van der Waals surface area contributed by atoms with Crippen LogP contribution in [0.1, 0.15) is 17.7 Å². The highest BCUT2D eigenvalue weighted by Crippen LogP contribution is 2.14. The Bertz CT molecular complexity index is 541. The maximum absolute atomic E-state index is 11.1. The van der Waals surface area contributed by atoms with Crippen LogP contribution < -0.4 is 4.74 Å². The van der Waals surface area contributed by atoms with Crippen molar-refractivity contribution in [3.05, 3.63) is 54.1 Å². The molecule has 0 aliphatic rings. The number of ether oxygens (including phenoxy) is 2. The van der Waals surface area contributed by atoms with Crippen molar-refractivity contribution in [3.63, 3.8) is 0 Å². The van der Waals surface area contributed by atoms with Gasteiger partial charge in [-0.1, -0.05) is 12.1 Å². The molecule has 0 aliphatic carbocycles. The second-order valence-corrected chi connectivity index (χ2v) is 4.21. The van der Waals surface area contributed by atoms with E-state index in [1.165, 1.54) is 7.11 Å². The molecule has 0 saturated carbocycles. The first-order chi connectivity index (χ1) is 9.78. The molecule has 0 N–H and O–H groups in total. The van der Waals surface area contributed by atoms with Gasteiger partial charge in [0.05, 0.1) is 19.0 Å². The van der Waals surface area contributed by atoms with Gasteiger partial charge >= 0.3 is 5.97 Å². The van der Waals surface area contributed by atoms with E-state index in [9.17, 15) is 4.79 Å². The Morgan fingerprint density at radius 2 is 2.00 bits per heavy atom. The Hall–Kier alpha value is -2.43. The molecule has 0 atom stereocenters. The minimum Gasteiger partial charge on any atom is -0.487 e. The average Bonchev–Trinajstić information content (AvgIpc) is 2.52. The normalized spacial score (nSPS) is 10.1. The van der Waals surface area contributed by atoms with Crippen LogP contribution in [-0.4, -0.2) is 23.0 Å². The van der Waals surface area contributed by atoms with Crippen LogP contribution in [0.5, 0.6) is 5.75 Å². The van der Waals surface area contributed by atoms with Crippen molar-refractivity contribution in [1.29, 1.82) is 0 Å². The van der Waals surface area contributed by atoms with Gasteiger partial charge in [-0.3, -0.25) is 14.8 Å². The highest BCUT2D eigenvalue weighted by atomic mass is 16.5. The number of rotatable bonds is 6. The van der Waals surface area contributed by atoms with Gasteiger partial charge in [0.2, 0.25) is 0 Å². The maximum Gasteiger partial charge on any atom is 0.305 e. The third-order valence-corrected chi connectivity index (χ3v) is 2.77. The van der Waals surface area contributed by atoms with E-state index >= 15 is 0 Å². The summed E-state index contributed by atoms with van der Waals surface area (Å²) in [6.07, 6.45) is 5.98. The van der Waals surface area contributed by atoms with Gasteiger partial charge in [0.15, 0.2) is 0 Å². The molecule has 0 fully saturated rings. The van der Waals surface area contributed by atoms with Crippen molar-refractivity contribution >= 4 is 5.97 Å². The monoisotopic (exact) mass is 272 g/mol. The predicted octanol–water partition coefficient (Wildman–Crippen LogP) is 2.16. The molecule has 20 heavy (non-hydrogen) atoms. The SMILES string of the molecule is COC(=O)CCc1ccc(OCc2cnccn2)cc1. The van der Waals surface area contributed by atoms with Crippen LogP contribution in [0.25, 0.3) is 0 Å². The van der Waals surface area contributed by atoms with E-state index in [2.05, 4.69) is 14.7 Å². The zero-order chi connectivity index (χ0) is 14.2. The number of methoxy groups -OCH3 is 1. The van der Waals surface area contributed by atoms with Crippen LogP contribution in [0.2, 0.25) is 0 Å². The first kappa shape index (κ1) is 14.0. The van der Waals surface area contributed by atoms with Crippen molar-refractivity contribution in [2.24, 2.45) is 0 Å². The lowest BCUT2D eigenvalue weighted by Crippen LogP contribution is -2.02. The van der Waals surface area contributed by atoms with Gasteiger partial charge in [-0.05, 0) is 24.1 Å². The van der Waals surface area contributed by atoms with E-state index in [0.717, 1.165) is 17.0 Å². The summed E-state index contributed by atoms with van der Waals surface area (Å²) in [5, 5.41) is 0. The van der Waals surface area contributed by atoms with Crippen LogP contribution >= 0.6 is 0 Å². The van der Waals surface area contributed by atoms with Crippen molar-refractivity contribution in [3.8, 4) is 5.75 Å². The fourth-order valence-electron chi connectivity index (χ4n) is 1.66. The zero-order valence-electron chi connectivity index (χ0n) is 11.3.